The second-order valence-electron chi connectivity index (χ2n) is 6.26. The maximum Gasteiger partial charge on any atom is 0.255 e. The maximum atomic E-state index is 12.7. The van der Waals surface area contributed by atoms with E-state index in [4.69, 9.17) is 9.15 Å². The van der Waals surface area contributed by atoms with Gasteiger partial charge in [-0.3, -0.25) is 9.59 Å². The van der Waals surface area contributed by atoms with Crippen molar-refractivity contribution >= 4 is 17.9 Å². The molecular weight excluding hydrogens is 366 g/mol. The Bertz CT molecular complexity index is 1130. The molecule has 0 saturated heterocycles. The molecule has 0 unspecified atom stereocenters. The van der Waals surface area contributed by atoms with Gasteiger partial charge in [0.15, 0.2) is 17.8 Å². The molecule has 5 heteroatoms. The van der Waals surface area contributed by atoms with Gasteiger partial charge in [0.25, 0.3) is 5.91 Å². The zero-order chi connectivity index (χ0) is 20.1. The topological polar surface area (TPSA) is 68.5 Å². The van der Waals surface area contributed by atoms with Crippen LogP contribution in [0.2, 0.25) is 0 Å². The van der Waals surface area contributed by atoms with Crippen molar-refractivity contribution < 1.29 is 18.7 Å². The van der Waals surface area contributed by atoms with Gasteiger partial charge in [0.05, 0.1) is 5.69 Å². The summed E-state index contributed by atoms with van der Waals surface area (Å²) in [5.41, 5.74) is 1.85. The lowest BCUT2D eigenvalue weighted by Crippen LogP contribution is -2.12. The fourth-order valence-electron chi connectivity index (χ4n) is 2.83. The lowest BCUT2D eigenvalue weighted by Gasteiger charge is -2.12. The van der Waals surface area contributed by atoms with Gasteiger partial charge < -0.3 is 14.5 Å². The molecule has 0 spiro atoms. The monoisotopic (exact) mass is 383 g/mol. The second kappa shape index (κ2) is 8.27. The highest BCUT2D eigenvalue weighted by atomic mass is 16.5. The first kappa shape index (κ1) is 18.3. The number of hydrogen-bond acceptors (Lipinski definition) is 4. The average molecular weight is 383 g/mol. The molecule has 0 fully saturated rings. The van der Waals surface area contributed by atoms with Crippen molar-refractivity contribution in [2.45, 2.75) is 0 Å². The van der Waals surface area contributed by atoms with E-state index in [0.717, 1.165) is 5.56 Å². The molecule has 29 heavy (non-hydrogen) atoms. The molecule has 5 nitrogen and oxygen atoms in total. The Labute approximate surface area is 167 Å². The van der Waals surface area contributed by atoms with E-state index in [9.17, 15) is 9.59 Å². The van der Waals surface area contributed by atoms with Crippen LogP contribution in [-0.2, 0) is 0 Å². The number of para-hydroxylation sites is 3. The minimum Gasteiger partial charge on any atom is -0.455 e. The third-order valence-corrected chi connectivity index (χ3v) is 4.28. The van der Waals surface area contributed by atoms with Crippen LogP contribution in [-0.4, -0.2) is 12.2 Å². The van der Waals surface area contributed by atoms with Gasteiger partial charge in [-0.1, -0.05) is 42.5 Å². The number of benzene rings is 3. The summed E-state index contributed by atoms with van der Waals surface area (Å²) in [6, 6.07) is 26.9. The molecule has 0 saturated carbocycles. The van der Waals surface area contributed by atoms with Gasteiger partial charge in [-0.2, -0.15) is 0 Å². The summed E-state index contributed by atoms with van der Waals surface area (Å²) >= 11 is 0. The van der Waals surface area contributed by atoms with E-state index in [1.807, 2.05) is 42.5 Å². The van der Waals surface area contributed by atoms with E-state index < -0.39 is 0 Å². The third-order valence-electron chi connectivity index (χ3n) is 4.28. The van der Waals surface area contributed by atoms with Gasteiger partial charge in [-0.05, 0) is 48.5 Å². The molecule has 0 aliphatic carbocycles. The van der Waals surface area contributed by atoms with Crippen molar-refractivity contribution in [1.82, 2.24) is 0 Å². The minimum absolute atomic E-state index is 0.256. The third kappa shape index (κ3) is 4.25. The van der Waals surface area contributed by atoms with Crippen LogP contribution < -0.4 is 10.1 Å². The van der Waals surface area contributed by atoms with E-state index in [1.54, 1.807) is 48.5 Å². The Kier molecular flexibility index (Phi) is 5.21. The SMILES string of the molecule is O=Cc1ccc(-c2ccc(C(=O)Nc3ccccc3Oc3ccccc3)cc2)o1. The minimum atomic E-state index is -0.256. The molecule has 1 aromatic heterocycles. The van der Waals surface area contributed by atoms with Crippen LogP contribution in [0.1, 0.15) is 20.9 Å². The van der Waals surface area contributed by atoms with Crippen LogP contribution in [0.15, 0.2) is 95.4 Å². The van der Waals surface area contributed by atoms with Gasteiger partial charge in [-0.15, -0.1) is 0 Å². The summed E-state index contributed by atoms with van der Waals surface area (Å²) in [6.07, 6.45) is 0.653. The predicted molar refractivity (Wildman–Crippen MR) is 110 cm³/mol. The fourth-order valence-corrected chi connectivity index (χ4v) is 2.83. The van der Waals surface area contributed by atoms with E-state index in [2.05, 4.69) is 5.32 Å². The molecule has 3 aromatic carbocycles. The Hall–Kier alpha value is -4.12. The molecular formula is C24H17NO4. The molecule has 4 aromatic rings. The average Bonchev–Trinajstić information content (AvgIpc) is 3.25. The van der Waals surface area contributed by atoms with Gasteiger partial charge >= 0.3 is 0 Å². The Morgan fingerprint density at radius 3 is 2.28 bits per heavy atom. The van der Waals surface area contributed by atoms with Crippen LogP contribution in [0.3, 0.4) is 0 Å². The molecule has 142 valence electrons. The summed E-state index contributed by atoms with van der Waals surface area (Å²) in [5, 5.41) is 2.89. The number of hydrogen-bond donors (Lipinski definition) is 1. The number of amides is 1. The highest BCUT2D eigenvalue weighted by Crippen LogP contribution is 2.29. The normalized spacial score (nSPS) is 10.3. The summed E-state index contributed by atoms with van der Waals surface area (Å²) in [5.74, 6) is 1.82. The van der Waals surface area contributed by atoms with E-state index in [0.29, 0.717) is 34.8 Å². The number of furan rings is 1. The van der Waals surface area contributed by atoms with Gasteiger partial charge in [-0.25, -0.2) is 0 Å². The molecule has 0 aliphatic rings. The summed E-state index contributed by atoms with van der Waals surface area (Å²) in [7, 11) is 0. The molecule has 4 rings (SSSR count). The molecule has 1 amide bonds. The number of rotatable bonds is 6. The Morgan fingerprint density at radius 1 is 0.828 bits per heavy atom. The maximum absolute atomic E-state index is 12.7. The number of carbonyl (C=O) groups is 2. The fraction of sp³-hybridized carbons (Fsp3) is 0. The lowest BCUT2D eigenvalue weighted by molar-refractivity contribution is 0.102. The summed E-state index contributed by atoms with van der Waals surface area (Å²) < 4.78 is 11.3. The van der Waals surface area contributed by atoms with Crippen LogP contribution in [0.5, 0.6) is 11.5 Å². The van der Waals surface area contributed by atoms with E-state index in [1.165, 1.54) is 0 Å². The first-order valence-corrected chi connectivity index (χ1v) is 9.02. The van der Waals surface area contributed by atoms with Crippen LogP contribution in [0.4, 0.5) is 5.69 Å². The van der Waals surface area contributed by atoms with Crippen molar-refractivity contribution in [3.05, 3.63) is 102 Å². The molecule has 1 heterocycles. The van der Waals surface area contributed by atoms with Crippen molar-refractivity contribution in [1.29, 1.82) is 0 Å². The highest BCUT2D eigenvalue weighted by molar-refractivity contribution is 6.05. The number of aldehydes is 1. The highest BCUT2D eigenvalue weighted by Gasteiger charge is 2.11. The number of nitrogens with one attached hydrogen (secondary N) is 1. The van der Waals surface area contributed by atoms with Crippen LogP contribution >= 0.6 is 0 Å². The summed E-state index contributed by atoms with van der Waals surface area (Å²) in [6.45, 7) is 0. The second-order valence-corrected chi connectivity index (χ2v) is 6.26. The molecule has 0 aliphatic heterocycles. The predicted octanol–water partition coefficient (Wildman–Crippen LogP) is 5.80. The summed E-state index contributed by atoms with van der Waals surface area (Å²) in [4.78, 5) is 23.4. The lowest BCUT2D eigenvalue weighted by atomic mass is 10.1. The van der Waals surface area contributed by atoms with Crippen LogP contribution in [0.25, 0.3) is 11.3 Å². The molecule has 0 bridgehead atoms. The largest absolute Gasteiger partial charge is 0.455 e. The first-order chi connectivity index (χ1) is 14.2. The Morgan fingerprint density at radius 2 is 1.55 bits per heavy atom. The molecule has 0 radical (unpaired) electrons. The van der Waals surface area contributed by atoms with E-state index in [-0.39, 0.29) is 11.7 Å². The number of anilines is 1. The quantitative estimate of drug-likeness (QED) is 0.427. The zero-order valence-corrected chi connectivity index (χ0v) is 15.4. The number of carbonyl (C=O) groups excluding carboxylic acids is 2. The van der Waals surface area contributed by atoms with Gasteiger partial charge in [0, 0.05) is 11.1 Å². The number of ether oxygens (including phenoxy) is 1. The van der Waals surface area contributed by atoms with Gasteiger partial charge in [0.2, 0.25) is 0 Å². The first-order valence-electron chi connectivity index (χ1n) is 9.02. The zero-order valence-electron chi connectivity index (χ0n) is 15.4. The van der Waals surface area contributed by atoms with Crippen molar-refractivity contribution in [2.24, 2.45) is 0 Å². The van der Waals surface area contributed by atoms with Crippen molar-refractivity contribution in [3.8, 4) is 22.8 Å². The smallest absolute Gasteiger partial charge is 0.255 e. The van der Waals surface area contributed by atoms with E-state index >= 15 is 0 Å². The molecule has 1 N–H and O–H groups in total. The van der Waals surface area contributed by atoms with Gasteiger partial charge in [0.1, 0.15) is 11.5 Å². The standard InChI is InChI=1S/C24H17NO4/c26-16-20-14-15-22(29-20)17-10-12-18(13-11-17)24(27)25-21-8-4-5-9-23(21)28-19-6-2-1-3-7-19/h1-16H,(H,25,27). The van der Waals surface area contributed by atoms with Crippen molar-refractivity contribution in [2.75, 3.05) is 5.32 Å². The molecule has 0 atom stereocenters. The van der Waals surface area contributed by atoms with Crippen LogP contribution in [0, 0.1) is 0 Å². The Balaban J connectivity index is 1.50. The van der Waals surface area contributed by atoms with Crippen molar-refractivity contribution in [3.63, 3.8) is 0 Å².